The largest absolute Gasteiger partial charge is 0.491 e. The number of carbonyl (C=O) groups is 1. The van der Waals surface area contributed by atoms with Gasteiger partial charge in [0.1, 0.15) is 5.65 Å². The van der Waals surface area contributed by atoms with E-state index in [1.807, 2.05) is 46.7 Å². The molecule has 1 fully saturated rings. The summed E-state index contributed by atoms with van der Waals surface area (Å²) in [4.78, 5) is 21.5. The summed E-state index contributed by atoms with van der Waals surface area (Å²) in [7, 11) is 1.55. The lowest BCUT2D eigenvalue weighted by Gasteiger charge is -2.33. The zero-order valence-corrected chi connectivity index (χ0v) is 19.1. The van der Waals surface area contributed by atoms with Gasteiger partial charge in [0.15, 0.2) is 11.5 Å². The number of amides is 1. The Balaban J connectivity index is 1.33. The highest BCUT2D eigenvalue weighted by atomic mass is 35.5. The number of benzene rings is 1. The van der Waals surface area contributed by atoms with Gasteiger partial charge in [-0.15, -0.1) is 0 Å². The normalized spacial score (nSPS) is 14.9. The zero-order chi connectivity index (χ0) is 22.5. The average molecular weight is 455 g/mol. The Morgan fingerprint density at radius 3 is 2.75 bits per heavy atom. The molecule has 4 rings (SSSR count). The maximum Gasteiger partial charge on any atom is 0.246 e. The molecule has 0 unspecified atom stereocenters. The first-order valence-corrected chi connectivity index (χ1v) is 11.1. The van der Waals surface area contributed by atoms with Crippen LogP contribution in [0.1, 0.15) is 18.2 Å². The first-order valence-electron chi connectivity index (χ1n) is 10.7. The minimum atomic E-state index is -0.0118. The van der Waals surface area contributed by atoms with Gasteiger partial charge < -0.3 is 18.8 Å². The van der Waals surface area contributed by atoms with Crippen molar-refractivity contribution in [3.05, 3.63) is 65.1 Å². The molecule has 1 saturated heterocycles. The van der Waals surface area contributed by atoms with Crippen LogP contribution in [0, 0.1) is 0 Å². The van der Waals surface area contributed by atoms with E-state index in [9.17, 15) is 4.79 Å². The second-order valence-electron chi connectivity index (χ2n) is 7.60. The lowest BCUT2D eigenvalue weighted by molar-refractivity contribution is -0.127. The van der Waals surface area contributed by atoms with Gasteiger partial charge in [0, 0.05) is 51.2 Å². The van der Waals surface area contributed by atoms with Crippen LogP contribution in [0.2, 0.25) is 5.02 Å². The van der Waals surface area contributed by atoms with E-state index in [0.29, 0.717) is 36.2 Å². The molecule has 2 aromatic heterocycles. The molecule has 0 N–H and O–H groups in total. The third-order valence-corrected chi connectivity index (χ3v) is 5.72. The van der Waals surface area contributed by atoms with E-state index in [4.69, 9.17) is 21.1 Å². The minimum absolute atomic E-state index is 0.0118. The summed E-state index contributed by atoms with van der Waals surface area (Å²) < 4.78 is 12.9. The highest BCUT2D eigenvalue weighted by Gasteiger charge is 2.20. The van der Waals surface area contributed by atoms with Crippen LogP contribution in [0.5, 0.6) is 11.5 Å². The van der Waals surface area contributed by atoms with E-state index in [-0.39, 0.29) is 5.91 Å². The second-order valence-corrected chi connectivity index (χ2v) is 8.01. The minimum Gasteiger partial charge on any atom is -0.491 e. The fourth-order valence-corrected chi connectivity index (χ4v) is 4.13. The monoisotopic (exact) mass is 454 g/mol. The average Bonchev–Trinajstić information content (AvgIpc) is 3.20. The highest BCUT2D eigenvalue weighted by Crippen LogP contribution is 2.36. The molecule has 0 bridgehead atoms. The summed E-state index contributed by atoms with van der Waals surface area (Å²) in [6.07, 6.45) is 7.42. The van der Waals surface area contributed by atoms with Crippen molar-refractivity contribution in [1.29, 1.82) is 0 Å². The molecule has 0 spiro atoms. The molecule has 1 aliphatic heterocycles. The fraction of sp³-hybridized carbons (Fsp3) is 0.333. The molecular weight excluding hydrogens is 428 g/mol. The summed E-state index contributed by atoms with van der Waals surface area (Å²) >= 11 is 6.30. The Labute approximate surface area is 192 Å². The number of hydrogen-bond acceptors (Lipinski definition) is 5. The van der Waals surface area contributed by atoms with E-state index >= 15 is 0 Å². The molecule has 0 aliphatic carbocycles. The Morgan fingerprint density at radius 2 is 2.03 bits per heavy atom. The Bertz CT molecular complexity index is 1090. The summed E-state index contributed by atoms with van der Waals surface area (Å²) in [6, 6.07) is 9.57. The van der Waals surface area contributed by atoms with Gasteiger partial charge in [0.25, 0.3) is 0 Å². The zero-order valence-electron chi connectivity index (χ0n) is 18.3. The van der Waals surface area contributed by atoms with E-state index in [0.717, 1.165) is 36.5 Å². The number of pyridine rings is 1. The van der Waals surface area contributed by atoms with Crippen LogP contribution in [0.4, 0.5) is 0 Å². The van der Waals surface area contributed by atoms with Crippen molar-refractivity contribution in [1.82, 2.24) is 19.2 Å². The van der Waals surface area contributed by atoms with Gasteiger partial charge in [-0.25, -0.2) is 4.98 Å². The maximum absolute atomic E-state index is 12.7. The third-order valence-electron chi connectivity index (χ3n) is 5.44. The second kappa shape index (κ2) is 10.1. The number of ether oxygens (including phenoxy) is 2. The third kappa shape index (κ3) is 5.06. The van der Waals surface area contributed by atoms with Crippen molar-refractivity contribution >= 4 is 29.2 Å². The lowest BCUT2D eigenvalue weighted by atomic mass is 10.1. The number of nitrogens with zero attached hydrogens (tertiary/aromatic N) is 4. The number of methoxy groups -OCH3 is 1. The molecule has 0 atom stereocenters. The predicted octanol–water partition coefficient (Wildman–Crippen LogP) is 3.75. The van der Waals surface area contributed by atoms with Crippen LogP contribution in [0.15, 0.2) is 48.8 Å². The molecule has 168 valence electrons. The fourth-order valence-electron chi connectivity index (χ4n) is 3.84. The summed E-state index contributed by atoms with van der Waals surface area (Å²) in [5, 5.41) is 0.450. The van der Waals surface area contributed by atoms with Crippen molar-refractivity contribution in [2.24, 2.45) is 0 Å². The predicted molar refractivity (Wildman–Crippen MR) is 125 cm³/mol. The topological polar surface area (TPSA) is 59.3 Å². The molecule has 32 heavy (non-hydrogen) atoms. The van der Waals surface area contributed by atoms with Crippen molar-refractivity contribution in [3.63, 3.8) is 0 Å². The number of rotatable bonds is 7. The molecule has 1 aromatic carbocycles. The van der Waals surface area contributed by atoms with E-state index < -0.39 is 0 Å². The SMILES string of the molecule is CCOc1cc(/C=C/C(=O)N2CCN(Cc3cn4ccccc4n3)CC2)cc(Cl)c1OC. The molecule has 1 amide bonds. The van der Waals surface area contributed by atoms with Gasteiger partial charge in [-0.1, -0.05) is 17.7 Å². The smallest absolute Gasteiger partial charge is 0.246 e. The lowest BCUT2D eigenvalue weighted by Crippen LogP contribution is -2.47. The van der Waals surface area contributed by atoms with Crippen molar-refractivity contribution in [2.45, 2.75) is 13.5 Å². The molecule has 3 heterocycles. The molecule has 0 saturated carbocycles. The molecule has 3 aromatic rings. The van der Waals surface area contributed by atoms with Crippen LogP contribution in [-0.4, -0.2) is 65.0 Å². The van der Waals surface area contributed by atoms with E-state index in [2.05, 4.69) is 16.1 Å². The number of fused-ring (bicyclic) bond motifs is 1. The molecule has 0 radical (unpaired) electrons. The maximum atomic E-state index is 12.7. The number of hydrogen-bond donors (Lipinski definition) is 0. The first kappa shape index (κ1) is 22.2. The highest BCUT2D eigenvalue weighted by molar-refractivity contribution is 6.32. The first-order chi connectivity index (χ1) is 15.6. The standard InChI is InChI=1S/C24H27ClN4O3/c1-3-32-21-15-18(14-20(25)24(21)31-2)7-8-23(30)28-12-10-27(11-13-28)16-19-17-29-9-5-4-6-22(29)26-19/h4-9,14-15,17H,3,10-13,16H2,1-2H3/b8-7+. The van der Waals surface area contributed by atoms with Gasteiger partial charge in [0.05, 0.1) is 24.4 Å². The Morgan fingerprint density at radius 1 is 1.22 bits per heavy atom. The number of piperazine rings is 1. The van der Waals surface area contributed by atoms with Gasteiger partial charge in [-0.2, -0.15) is 0 Å². The summed E-state index contributed by atoms with van der Waals surface area (Å²) in [6.45, 7) is 6.18. The Hall–Kier alpha value is -3.03. The van der Waals surface area contributed by atoms with Crippen molar-refractivity contribution < 1.29 is 14.3 Å². The number of aromatic nitrogens is 2. The Kier molecular flexibility index (Phi) is 6.97. The molecule has 1 aliphatic rings. The van der Waals surface area contributed by atoms with E-state index in [1.54, 1.807) is 25.3 Å². The molecule has 7 nitrogen and oxygen atoms in total. The molecule has 8 heteroatoms. The van der Waals surface area contributed by atoms with Crippen LogP contribution >= 0.6 is 11.6 Å². The summed E-state index contributed by atoms with van der Waals surface area (Å²) in [5.74, 6) is 1.05. The summed E-state index contributed by atoms with van der Waals surface area (Å²) in [5.41, 5.74) is 2.78. The molecular formula is C24H27ClN4O3. The van der Waals surface area contributed by atoms with Crippen molar-refractivity contribution in [2.75, 3.05) is 39.9 Å². The van der Waals surface area contributed by atoms with Crippen LogP contribution in [0.3, 0.4) is 0 Å². The van der Waals surface area contributed by atoms with Gasteiger partial charge >= 0.3 is 0 Å². The van der Waals surface area contributed by atoms with Crippen LogP contribution in [0.25, 0.3) is 11.7 Å². The number of halogens is 1. The van der Waals surface area contributed by atoms with E-state index in [1.165, 1.54) is 0 Å². The van der Waals surface area contributed by atoms with Gasteiger partial charge in [-0.05, 0) is 42.8 Å². The van der Waals surface area contributed by atoms with Gasteiger partial charge in [0.2, 0.25) is 5.91 Å². The quantitative estimate of drug-likeness (QED) is 0.509. The van der Waals surface area contributed by atoms with Gasteiger partial charge in [-0.3, -0.25) is 9.69 Å². The van der Waals surface area contributed by atoms with Crippen LogP contribution < -0.4 is 9.47 Å². The number of carbonyl (C=O) groups excluding carboxylic acids is 1. The van der Waals surface area contributed by atoms with Crippen LogP contribution in [-0.2, 0) is 11.3 Å². The number of imidazole rings is 1. The van der Waals surface area contributed by atoms with Crippen molar-refractivity contribution in [3.8, 4) is 11.5 Å².